The SMILES string of the molecule is COc1ccc(C2(CNC[C@@]3(O)CCNC3)CCCC2)cc1. The highest BCUT2D eigenvalue weighted by Crippen LogP contribution is 2.41. The van der Waals surface area contributed by atoms with Crippen molar-refractivity contribution in [1.82, 2.24) is 10.6 Å². The lowest BCUT2D eigenvalue weighted by molar-refractivity contribution is 0.0596. The van der Waals surface area contributed by atoms with Crippen molar-refractivity contribution in [3.8, 4) is 5.75 Å². The molecule has 122 valence electrons. The Kier molecular flexibility index (Phi) is 4.71. The van der Waals surface area contributed by atoms with Crippen LogP contribution in [0.5, 0.6) is 5.75 Å². The second kappa shape index (κ2) is 6.57. The van der Waals surface area contributed by atoms with Crippen molar-refractivity contribution in [3.05, 3.63) is 29.8 Å². The van der Waals surface area contributed by atoms with E-state index in [-0.39, 0.29) is 5.41 Å². The summed E-state index contributed by atoms with van der Waals surface area (Å²) in [5, 5.41) is 17.2. The fourth-order valence-corrected chi connectivity index (χ4v) is 3.98. The Hall–Kier alpha value is -1.10. The topological polar surface area (TPSA) is 53.5 Å². The molecule has 22 heavy (non-hydrogen) atoms. The van der Waals surface area contributed by atoms with Gasteiger partial charge in [-0.3, -0.25) is 0 Å². The molecule has 0 radical (unpaired) electrons. The minimum atomic E-state index is -0.570. The number of hydrogen-bond acceptors (Lipinski definition) is 4. The van der Waals surface area contributed by atoms with E-state index in [1.807, 2.05) is 0 Å². The van der Waals surface area contributed by atoms with E-state index in [1.165, 1.54) is 31.2 Å². The van der Waals surface area contributed by atoms with Crippen LogP contribution < -0.4 is 15.4 Å². The first kappa shape index (κ1) is 15.8. The van der Waals surface area contributed by atoms with E-state index in [2.05, 4.69) is 34.9 Å². The highest BCUT2D eigenvalue weighted by atomic mass is 16.5. The van der Waals surface area contributed by atoms with Gasteiger partial charge in [-0.15, -0.1) is 0 Å². The van der Waals surface area contributed by atoms with Crippen molar-refractivity contribution < 1.29 is 9.84 Å². The lowest BCUT2D eigenvalue weighted by Crippen LogP contribution is -2.46. The van der Waals surface area contributed by atoms with Gasteiger partial charge in [0.15, 0.2) is 0 Å². The van der Waals surface area contributed by atoms with Crippen LogP contribution in [0.2, 0.25) is 0 Å². The molecule has 0 unspecified atom stereocenters. The molecular weight excluding hydrogens is 276 g/mol. The fourth-order valence-electron chi connectivity index (χ4n) is 3.98. The number of nitrogens with one attached hydrogen (secondary N) is 2. The van der Waals surface area contributed by atoms with Crippen molar-refractivity contribution in [2.24, 2.45) is 0 Å². The molecule has 0 amide bonds. The Bertz CT molecular complexity index is 474. The summed E-state index contributed by atoms with van der Waals surface area (Å²) in [5.41, 5.74) is 1.05. The van der Waals surface area contributed by atoms with E-state index < -0.39 is 5.60 Å². The van der Waals surface area contributed by atoms with Crippen LogP contribution in [0.4, 0.5) is 0 Å². The number of hydrogen-bond donors (Lipinski definition) is 3. The van der Waals surface area contributed by atoms with Gasteiger partial charge in [0.05, 0.1) is 12.7 Å². The van der Waals surface area contributed by atoms with Crippen LogP contribution in [0.3, 0.4) is 0 Å². The summed E-state index contributed by atoms with van der Waals surface area (Å²) in [7, 11) is 1.71. The van der Waals surface area contributed by atoms with Gasteiger partial charge >= 0.3 is 0 Å². The molecule has 0 aromatic heterocycles. The average molecular weight is 304 g/mol. The summed E-state index contributed by atoms with van der Waals surface area (Å²) in [5.74, 6) is 0.913. The molecule has 0 bridgehead atoms. The number of β-amino-alcohol motifs (C(OH)–C–C–N with tert-alkyl or cyclic N) is 1. The van der Waals surface area contributed by atoms with Gasteiger partial charge in [0.1, 0.15) is 5.75 Å². The molecule has 1 heterocycles. The van der Waals surface area contributed by atoms with Crippen LogP contribution in [0, 0.1) is 0 Å². The summed E-state index contributed by atoms with van der Waals surface area (Å²) in [6.07, 6.45) is 5.88. The van der Waals surface area contributed by atoms with E-state index in [9.17, 15) is 5.11 Å². The zero-order chi connectivity index (χ0) is 15.5. The van der Waals surface area contributed by atoms with Crippen molar-refractivity contribution >= 4 is 0 Å². The molecule has 1 aromatic carbocycles. The van der Waals surface area contributed by atoms with E-state index in [4.69, 9.17) is 4.74 Å². The Morgan fingerprint density at radius 3 is 2.45 bits per heavy atom. The Morgan fingerprint density at radius 2 is 1.86 bits per heavy atom. The fraction of sp³-hybridized carbons (Fsp3) is 0.667. The highest BCUT2D eigenvalue weighted by Gasteiger charge is 2.37. The summed E-state index contributed by atoms with van der Waals surface area (Å²) in [6.45, 7) is 3.25. The average Bonchev–Trinajstić information content (AvgIpc) is 3.18. The molecule has 1 aliphatic carbocycles. The Balaban J connectivity index is 1.65. The second-order valence-corrected chi connectivity index (χ2v) is 6.97. The predicted octanol–water partition coefficient (Wildman–Crippen LogP) is 1.82. The Labute approximate surface area is 133 Å². The maximum atomic E-state index is 10.4. The minimum Gasteiger partial charge on any atom is -0.497 e. The number of rotatable bonds is 6. The monoisotopic (exact) mass is 304 g/mol. The number of aliphatic hydroxyl groups is 1. The molecule has 1 atom stereocenters. The van der Waals surface area contributed by atoms with Gasteiger partial charge in [0.2, 0.25) is 0 Å². The van der Waals surface area contributed by atoms with Gasteiger partial charge in [-0.1, -0.05) is 25.0 Å². The van der Waals surface area contributed by atoms with Crippen molar-refractivity contribution in [2.75, 3.05) is 33.3 Å². The van der Waals surface area contributed by atoms with E-state index in [1.54, 1.807) is 7.11 Å². The van der Waals surface area contributed by atoms with Gasteiger partial charge in [0.25, 0.3) is 0 Å². The standard InChI is InChI=1S/C18H28N2O2/c1-22-16-6-4-15(5-7-16)17(8-2-3-9-17)12-20-14-18(21)10-11-19-13-18/h4-7,19-21H,2-3,8-14H2,1H3/t18-/m1/s1. The van der Waals surface area contributed by atoms with Crippen molar-refractivity contribution in [3.63, 3.8) is 0 Å². The molecule has 3 rings (SSSR count). The Morgan fingerprint density at radius 1 is 1.14 bits per heavy atom. The van der Waals surface area contributed by atoms with Gasteiger partial charge in [-0.05, 0) is 43.5 Å². The summed E-state index contributed by atoms with van der Waals surface area (Å²) < 4.78 is 5.27. The molecule has 2 aliphatic rings. The van der Waals surface area contributed by atoms with Crippen LogP contribution in [0.1, 0.15) is 37.7 Å². The van der Waals surface area contributed by atoms with Crippen LogP contribution in [0.25, 0.3) is 0 Å². The predicted molar refractivity (Wildman–Crippen MR) is 88.4 cm³/mol. The smallest absolute Gasteiger partial charge is 0.118 e. The third-order valence-corrected chi connectivity index (χ3v) is 5.40. The van der Waals surface area contributed by atoms with Crippen molar-refractivity contribution in [2.45, 2.75) is 43.1 Å². The van der Waals surface area contributed by atoms with Crippen LogP contribution in [0.15, 0.2) is 24.3 Å². The van der Waals surface area contributed by atoms with E-state index in [0.717, 1.165) is 25.3 Å². The maximum absolute atomic E-state index is 10.4. The molecule has 4 nitrogen and oxygen atoms in total. The maximum Gasteiger partial charge on any atom is 0.118 e. The molecule has 1 saturated carbocycles. The molecule has 4 heteroatoms. The normalized spacial score (nSPS) is 27.2. The van der Waals surface area contributed by atoms with Gasteiger partial charge in [-0.2, -0.15) is 0 Å². The van der Waals surface area contributed by atoms with Crippen LogP contribution in [-0.2, 0) is 5.41 Å². The number of benzene rings is 1. The molecule has 1 saturated heterocycles. The first-order valence-electron chi connectivity index (χ1n) is 8.44. The highest BCUT2D eigenvalue weighted by molar-refractivity contribution is 5.33. The number of methoxy groups -OCH3 is 1. The van der Waals surface area contributed by atoms with Crippen LogP contribution >= 0.6 is 0 Å². The summed E-state index contributed by atoms with van der Waals surface area (Å²) in [4.78, 5) is 0. The molecule has 1 aliphatic heterocycles. The molecule has 2 fully saturated rings. The molecule has 1 aromatic rings. The van der Waals surface area contributed by atoms with Gasteiger partial charge in [0, 0.05) is 25.0 Å². The minimum absolute atomic E-state index is 0.217. The lowest BCUT2D eigenvalue weighted by Gasteiger charge is -2.32. The zero-order valence-corrected chi connectivity index (χ0v) is 13.5. The third-order valence-electron chi connectivity index (χ3n) is 5.40. The second-order valence-electron chi connectivity index (χ2n) is 6.97. The van der Waals surface area contributed by atoms with E-state index in [0.29, 0.717) is 13.1 Å². The zero-order valence-electron chi connectivity index (χ0n) is 13.5. The third kappa shape index (κ3) is 3.29. The molecular formula is C18H28N2O2. The first-order chi connectivity index (χ1) is 10.7. The largest absolute Gasteiger partial charge is 0.497 e. The number of ether oxygens (including phenoxy) is 1. The lowest BCUT2D eigenvalue weighted by atomic mass is 9.78. The molecule has 0 spiro atoms. The quantitative estimate of drug-likeness (QED) is 0.750. The molecule has 3 N–H and O–H groups in total. The van der Waals surface area contributed by atoms with Gasteiger partial charge < -0.3 is 20.5 Å². The van der Waals surface area contributed by atoms with Crippen LogP contribution in [-0.4, -0.2) is 44.0 Å². The summed E-state index contributed by atoms with van der Waals surface area (Å²) >= 11 is 0. The van der Waals surface area contributed by atoms with Gasteiger partial charge in [-0.25, -0.2) is 0 Å². The van der Waals surface area contributed by atoms with E-state index >= 15 is 0 Å². The first-order valence-corrected chi connectivity index (χ1v) is 8.44. The summed E-state index contributed by atoms with van der Waals surface area (Å²) in [6, 6.07) is 8.53. The van der Waals surface area contributed by atoms with Crippen molar-refractivity contribution in [1.29, 1.82) is 0 Å².